The van der Waals surface area contributed by atoms with Gasteiger partial charge in [0.05, 0.1) is 27.8 Å². The van der Waals surface area contributed by atoms with E-state index in [1.165, 1.54) is 6.07 Å². The number of carboxylic acid groups (broad SMARTS) is 1. The van der Waals surface area contributed by atoms with Crippen LogP contribution in [0.15, 0.2) is 12.1 Å². The predicted molar refractivity (Wildman–Crippen MR) is 89.3 cm³/mol. The summed E-state index contributed by atoms with van der Waals surface area (Å²) in [5.74, 6) is -1.41. The van der Waals surface area contributed by atoms with Crippen molar-refractivity contribution >= 4 is 40.8 Å². The molecule has 0 saturated heterocycles. The lowest BCUT2D eigenvalue weighted by Crippen LogP contribution is -2.22. The highest BCUT2D eigenvalue weighted by Gasteiger charge is 2.34. The van der Waals surface area contributed by atoms with Crippen LogP contribution in [0.4, 0.5) is 5.69 Å². The molecule has 5 nitrogen and oxygen atoms in total. The maximum Gasteiger partial charge on any atom is 0.306 e. The number of halogens is 2. The van der Waals surface area contributed by atoms with Crippen molar-refractivity contribution in [1.29, 1.82) is 0 Å². The summed E-state index contributed by atoms with van der Waals surface area (Å²) < 4.78 is 5.58. The smallest absolute Gasteiger partial charge is 0.306 e. The number of carbonyl (C=O) groups is 2. The van der Waals surface area contributed by atoms with Crippen LogP contribution < -0.4 is 10.1 Å². The maximum atomic E-state index is 12.3. The summed E-state index contributed by atoms with van der Waals surface area (Å²) in [7, 11) is 0. The summed E-state index contributed by atoms with van der Waals surface area (Å²) in [5.41, 5.74) is 0.412. The van der Waals surface area contributed by atoms with E-state index in [1.807, 2.05) is 13.8 Å². The van der Waals surface area contributed by atoms with Gasteiger partial charge in [0.15, 0.2) is 0 Å². The molecular weight excluding hydrogens is 341 g/mol. The topological polar surface area (TPSA) is 75.6 Å². The second-order valence-corrected chi connectivity index (χ2v) is 6.78. The maximum absolute atomic E-state index is 12.3. The third-order valence-corrected chi connectivity index (χ3v) is 4.40. The van der Waals surface area contributed by atoms with Gasteiger partial charge in [-0.1, -0.05) is 23.2 Å². The van der Waals surface area contributed by atoms with Crippen molar-refractivity contribution in [1.82, 2.24) is 0 Å². The molecule has 0 aliphatic heterocycles. The Bertz CT molecular complexity index is 618. The van der Waals surface area contributed by atoms with Crippen molar-refractivity contribution in [2.24, 2.45) is 11.8 Å². The van der Waals surface area contributed by atoms with Gasteiger partial charge in [0.1, 0.15) is 5.75 Å². The zero-order valence-electron chi connectivity index (χ0n) is 12.9. The third kappa shape index (κ3) is 4.52. The van der Waals surface area contributed by atoms with E-state index in [-0.39, 0.29) is 17.9 Å². The van der Waals surface area contributed by atoms with Crippen LogP contribution in [0.5, 0.6) is 5.75 Å². The summed E-state index contributed by atoms with van der Waals surface area (Å²) >= 11 is 12.2. The molecular formula is C16H19Cl2NO4. The standard InChI is InChI=1S/C16H19Cl2NO4/c1-8(2)23-14-7-13(11(17)6-12(14)18)19-15(20)9-3-4-10(5-9)16(21)22/h6-10H,3-5H2,1-2H3,(H,19,20)(H,21,22)/t9-,10-/m1/s1. The normalized spacial score (nSPS) is 20.6. The number of ether oxygens (including phenoxy) is 1. The van der Waals surface area contributed by atoms with E-state index < -0.39 is 11.9 Å². The molecule has 0 radical (unpaired) electrons. The number of hydrogen-bond donors (Lipinski definition) is 2. The molecule has 2 rings (SSSR count). The lowest BCUT2D eigenvalue weighted by Gasteiger charge is -2.16. The van der Waals surface area contributed by atoms with Crippen molar-refractivity contribution in [3.8, 4) is 5.75 Å². The fourth-order valence-corrected chi connectivity index (χ4v) is 3.12. The van der Waals surface area contributed by atoms with Gasteiger partial charge >= 0.3 is 5.97 Å². The highest BCUT2D eigenvalue weighted by Crippen LogP contribution is 2.36. The van der Waals surface area contributed by atoms with Gasteiger partial charge in [0.25, 0.3) is 0 Å². The molecule has 1 aromatic rings. The number of benzene rings is 1. The molecule has 1 fully saturated rings. The molecule has 1 aromatic carbocycles. The van der Waals surface area contributed by atoms with E-state index in [1.54, 1.807) is 6.07 Å². The van der Waals surface area contributed by atoms with E-state index in [2.05, 4.69) is 5.32 Å². The van der Waals surface area contributed by atoms with Gasteiger partial charge in [0, 0.05) is 12.0 Å². The van der Waals surface area contributed by atoms with Crippen molar-refractivity contribution in [3.05, 3.63) is 22.2 Å². The van der Waals surface area contributed by atoms with Crippen LogP contribution in [-0.4, -0.2) is 23.1 Å². The first kappa shape index (κ1) is 17.9. The van der Waals surface area contributed by atoms with Gasteiger partial charge < -0.3 is 15.2 Å². The average Bonchev–Trinajstić information content (AvgIpc) is 2.93. The second kappa shape index (κ2) is 7.41. The van der Waals surface area contributed by atoms with E-state index >= 15 is 0 Å². The minimum Gasteiger partial charge on any atom is -0.489 e. The molecule has 0 bridgehead atoms. The zero-order chi connectivity index (χ0) is 17.1. The van der Waals surface area contributed by atoms with Crippen LogP contribution in [0.1, 0.15) is 33.1 Å². The fraction of sp³-hybridized carbons (Fsp3) is 0.500. The molecule has 0 spiro atoms. The number of carbonyl (C=O) groups excluding carboxylic acids is 1. The Kier molecular flexibility index (Phi) is 5.76. The molecule has 1 aliphatic carbocycles. The van der Waals surface area contributed by atoms with Crippen molar-refractivity contribution in [3.63, 3.8) is 0 Å². The first-order valence-corrected chi connectivity index (χ1v) is 8.23. The average molecular weight is 360 g/mol. The quantitative estimate of drug-likeness (QED) is 0.824. The van der Waals surface area contributed by atoms with Crippen LogP contribution in [-0.2, 0) is 9.59 Å². The first-order valence-electron chi connectivity index (χ1n) is 7.47. The van der Waals surface area contributed by atoms with Crippen LogP contribution in [0.25, 0.3) is 0 Å². The van der Waals surface area contributed by atoms with Crippen molar-refractivity contribution < 1.29 is 19.4 Å². The Morgan fingerprint density at radius 1 is 1.22 bits per heavy atom. The molecule has 2 N–H and O–H groups in total. The SMILES string of the molecule is CC(C)Oc1cc(NC(=O)[C@@H]2CC[C@@H](C(=O)O)C2)c(Cl)cc1Cl. The minimum absolute atomic E-state index is 0.0663. The number of amides is 1. The molecule has 0 heterocycles. The summed E-state index contributed by atoms with van der Waals surface area (Å²) in [6, 6.07) is 3.11. The van der Waals surface area contributed by atoms with Gasteiger partial charge in [-0.05, 0) is 39.2 Å². The van der Waals surface area contributed by atoms with Gasteiger partial charge in [-0.15, -0.1) is 0 Å². The predicted octanol–water partition coefficient (Wildman–Crippen LogP) is 4.22. The van der Waals surface area contributed by atoms with Crippen LogP contribution >= 0.6 is 23.2 Å². The molecule has 2 atom stereocenters. The van der Waals surface area contributed by atoms with Gasteiger partial charge in [-0.3, -0.25) is 9.59 Å². The van der Waals surface area contributed by atoms with Crippen LogP contribution in [0.2, 0.25) is 10.0 Å². The van der Waals surface area contributed by atoms with Gasteiger partial charge in [-0.2, -0.15) is 0 Å². The number of aliphatic carboxylic acids is 1. The number of rotatable bonds is 5. The highest BCUT2D eigenvalue weighted by atomic mass is 35.5. The van der Waals surface area contributed by atoms with E-state index in [9.17, 15) is 9.59 Å². The van der Waals surface area contributed by atoms with Crippen molar-refractivity contribution in [2.45, 2.75) is 39.2 Å². The van der Waals surface area contributed by atoms with Crippen LogP contribution in [0.3, 0.4) is 0 Å². The summed E-state index contributed by atoms with van der Waals surface area (Å²) in [5, 5.41) is 12.4. The number of anilines is 1. The lowest BCUT2D eigenvalue weighted by molar-refractivity contribution is -0.141. The fourth-order valence-electron chi connectivity index (χ4n) is 2.65. The number of nitrogens with one attached hydrogen (secondary N) is 1. The van der Waals surface area contributed by atoms with Gasteiger partial charge in [-0.25, -0.2) is 0 Å². The Hall–Kier alpha value is -1.46. The molecule has 0 aromatic heterocycles. The first-order chi connectivity index (χ1) is 10.8. The summed E-state index contributed by atoms with van der Waals surface area (Å²) in [6.07, 6.45) is 1.36. The van der Waals surface area contributed by atoms with E-state index in [0.29, 0.717) is 40.7 Å². The largest absolute Gasteiger partial charge is 0.489 e. The molecule has 7 heteroatoms. The highest BCUT2D eigenvalue weighted by molar-refractivity contribution is 6.37. The number of carboxylic acids is 1. The monoisotopic (exact) mass is 359 g/mol. The molecule has 23 heavy (non-hydrogen) atoms. The van der Waals surface area contributed by atoms with Crippen LogP contribution in [0, 0.1) is 11.8 Å². The Morgan fingerprint density at radius 3 is 2.43 bits per heavy atom. The van der Waals surface area contributed by atoms with E-state index in [4.69, 9.17) is 33.0 Å². The Balaban J connectivity index is 2.10. The third-order valence-electron chi connectivity index (χ3n) is 3.79. The lowest BCUT2D eigenvalue weighted by atomic mass is 10.0. The van der Waals surface area contributed by atoms with Gasteiger partial charge in [0.2, 0.25) is 5.91 Å². The molecule has 0 unspecified atom stereocenters. The minimum atomic E-state index is -0.850. The molecule has 126 valence electrons. The Labute approximate surface area is 144 Å². The van der Waals surface area contributed by atoms with Crippen molar-refractivity contribution in [2.75, 3.05) is 5.32 Å². The summed E-state index contributed by atoms with van der Waals surface area (Å²) in [4.78, 5) is 23.3. The molecule has 1 amide bonds. The molecule has 1 saturated carbocycles. The van der Waals surface area contributed by atoms with E-state index in [0.717, 1.165) is 0 Å². The second-order valence-electron chi connectivity index (χ2n) is 5.96. The summed E-state index contributed by atoms with van der Waals surface area (Å²) in [6.45, 7) is 3.74. The number of hydrogen-bond acceptors (Lipinski definition) is 3. The zero-order valence-corrected chi connectivity index (χ0v) is 14.4. The molecule has 1 aliphatic rings. The Morgan fingerprint density at radius 2 is 1.87 bits per heavy atom.